The normalized spacial score (nSPS) is 33.6. The van der Waals surface area contributed by atoms with Gasteiger partial charge in [0.2, 0.25) is 5.91 Å². The molecule has 0 radical (unpaired) electrons. The van der Waals surface area contributed by atoms with Crippen molar-refractivity contribution in [2.45, 2.75) is 93.9 Å². The van der Waals surface area contributed by atoms with Crippen molar-refractivity contribution in [3.63, 3.8) is 0 Å². The largest absolute Gasteiger partial charge is 0.756 e. The van der Waals surface area contributed by atoms with Gasteiger partial charge in [0.25, 0.3) is 13.6 Å². The van der Waals surface area contributed by atoms with E-state index in [-0.39, 0.29) is 5.82 Å². The first-order valence-corrected chi connectivity index (χ1v) is 15.3. The zero-order valence-corrected chi connectivity index (χ0v) is 25.1. The number of nitrogens with two attached hydrogens (primary N) is 1. The third-order valence-corrected chi connectivity index (χ3v) is 8.40. The van der Waals surface area contributed by atoms with Crippen molar-refractivity contribution in [1.82, 2.24) is 14.9 Å². The van der Waals surface area contributed by atoms with Crippen molar-refractivity contribution in [3.05, 3.63) is 22.7 Å². The summed E-state index contributed by atoms with van der Waals surface area (Å²) >= 11 is 0. The second-order valence-electron chi connectivity index (χ2n) is 10.8. The van der Waals surface area contributed by atoms with E-state index < -0.39 is 112 Å². The van der Waals surface area contributed by atoms with Crippen LogP contribution in [0.5, 0.6) is 0 Å². The molecule has 0 bridgehead atoms. The van der Waals surface area contributed by atoms with E-state index in [1.165, 1.54) is 6.07 Å². The maximum Gasteiger partial charge on any atom is 0.364 e. The van der Waals surface area contributed by atoms with Crippen molar-refractivity contribution < 1.29 is 73.3 Å². The summed E-state index contributed by atoms with van der Waals surface area (Å²) in [5.74, 6) is -6.77. The van der Waals surface area contributed by atoms with Gasteiger partial charge in [-0.15, -0.1) is 0 Å². The summed E-state index contributed by atoms with van der Waals surface area (Å²) in [6, 6.07) is -0.397. The maximum atomic E-state index is 12.8. The molecular weight excluding hydrogens is 631 g/mol. The van der Waals surface area contributed by atoms with Crippen LogP contribution in [-0.4, -0.2) is 125 Å². The highest BCUT2D eigenvalue weighted by atomic mass is 31.2. The molecule has 20 nitrogen and oxygen atoms in total. The van der Waals surface area contributed by atoms with Crippen LogP contribution in [-0.2, 0) is 32.7 Å². The van der Waals surface area contributed by atoms with Gasteiger partial charge in [-0.2, -0.15) is 4.98 Å². The molecular formula is C24H38N4O16P-. The maximum absolute atomic E-state index is 12.8. The Hall–Kier alpha value is -2.59. The first kappa shape index (κ1) is 36.9. The van der Waals surface area contributed by atoms with E-state index in [4.69, 9.17) is 24.3 Å². The second-order valence-corrected chi connectivity index (χ2v) is 12.1. The van der Waals surface area contributed by atoms with E-state index in [2.05, 4.69) is 10.3 Å². The van der Waals surface area contributed by atoms with Crippen molar-refractivity contribution >= 4 is 25.5 Å². The molecule has 0 spiro atoms. The molecule has 256 valence electrons. The molecule has 2 aliphatic heterocycles. The zero-order chi connectivity index (χ0) is 33.9. The number of carbonyl (C=O) groups is 2. The molecule has 0 aromatic carbocycles. The molecule has 45 heavy (non-hydrogen) atoms. The molecule has 1 aromatic heterocycles. The lowest BCUT2D eigenvalue weighted by atomic mass is 9.88. The molecule has 12 atom stereocenters. The summed E-state index contributed by atoms with van der Waals surface area (Å²) in [7, 11) is -5.79. The first-order chi connectivity index (χ1) is 21.0. The van der Waals surface area contributed by atoms with Crippen LogP contribution < -0.4 is 21.6 Å². The monoisotopic (exact) mass is 669 g/mol. The number of aliphatic hydroxyl groups excluding tert-OH is 6. The number of carboxylic acids is 1. The van der Waals surface area contributed by atoms with Crippen LogP contribution in [0.15, 0.2) is 17.1 Å². The SMILES string of the molecule is CCCC(C)C(=O)NC1C(O)CC(OP(=O)([O-])OC[C@H]2O[C@@H](n3ccc(N)nc3=O)[C@H](O)[C@@H]2O)(C(=O)O)OC1C(O)C(O)CO. The van der Waals surface area contributed by atoms with Gasteiger partial charge in [0.1, 0.15) is 42.4 Å². The van der Waals surface area contributed by atoms with E-state index >= 15 is 0 Å². The predicted octanol–water partition coefficient (Wildman–Crippen LogP) is -4.49. The predicted molar refractivity (Wildman–Crippen MR) is 144 cm³/mol. The minimum atomic E-state index is -5.79. The number of hydrogen-bond acceptors (Lipinski definition) is 17. The van der Waals surface area contributed by atoms with Crippen LogP contribution in [0.3, 0.4) is 0 Å². The number of carbonyl (C=O) groups excluding carboxylic acids is 1. The number of anilines is 1. The van der Waals surface area contributed by atoms with E-state index in [0.717, 1.165) is 10.8 Å². The van der Waals surface area contributed by atoms with Gasteiger partial charge in [-0.25, -0.2) is 9.59 Å². The summed E-state index contributed by atoms with van der Waals surface area (Å²) in [4.78, 5) is 53.4. The van der Waals surface area contributed by atoms with Crippen molar-refractivity contribution in [1.29, 1.82) is 0 Å². The number of nitrogens with one attached hydrogen (secondary N) is 1. The fourth-order valence-electron chi connectivity index (χ4n) is 4.94. The van der Waals surface area contributed by atoms with Gasteiger partial charge in [-0.1, -0.05) is 20.3 Å². The molecule has 21 heteroatoms. The standard InChI is InChI=1S/C24H39N4O16P/c1-3-4-10(2)20(35)27-15-11(30)7-24(22(36)37,43-19(15)16(32)12(31)8-29)44-45(39,40)41-9-13-17(33)18(34)21(42-13)28-6-5-14(25)26-23(28)38/h5-6,10-13,15-19,21,29-34H,3-4,7-9H2,1-2H3,(H,27,35)(H,36,37)(H,39,40)(H2,25,26,38)/p-1/t10?,11?,12?,13-,15?,16?,17-,18-,19?,21-,24?/m1/s1. The number of aliphatic hydroxyl groups is 6. The van der Waals surface area contributed by atoms with E-state index in [0.29, 0.717) is 12.8 Å². The third-order valence-electron chi connectivity index (χ3n) is 7.41. The van der Waals surface area contributed by atoms with E-state index in [9.17, 15) is 59.6 Å². The Morgan fingerprint density at radius 1 is 1.31 bits per heavy atom. The number of ether oxygens (including phenoxy) is 2. The number of nitrogen functional groups attached to an aromatic ring is 1. The minimum Gasteiger partial charge on any atom is -0.756 e. The number of aliphatic carboxylic acids is 1. The highest BCUT2D eigenvalue weighted by Gasteiger charge is 2.57. The molecule has 2 aliphatic rings. The molecule has 10 N–H and O–H groups in total. The molecule has 1 aromatic rings. The topological polar surface area (TPSA) is 326 Å². The molecule has 3 rings (SSSR count). The van der Waals surface area contributed by atoms with Crippen LogP contribution in [0.25, 0.3) is 0 Å². The van der Waals surface area contributed by atoms with Gasteiger partial charge in [-0.05, 0) is 12.5 Å². The Morgan fingerprint density at radius 3 is 2.56 bits per heavy atom. The first-order valence-electron chi connectivity index (χ1n) is 13.9. The smallest absolute Gasteiger partial charge is 0.364 e. The number of aromatic nitrogens is 2. The number of nitrogens with zero attached hydrogens (tertiary/aromatic N) is 2. The Bertz CT molecular complexity index is 1300. The average Bonchev–Trinajstić information content (AvgIpc) is 3.24. The Kier molecular flexibility index (Phi) is 12.2. The molecule has 3 heterocycles. The third kappa shape index (κ3) is 8.42. The quantitative estimate of drug-likeness (QED) is 0.0843. The highest BCUT2D eigenvalue weighted by Crippen LogP contribution is 2.48. The second kappa shape index (κ2) is 14.9. The van der Waals surface area contributed by atoms with Gasteiger partial charge in [-0.3, -0.25) is 18.5 Å². The number of phosphoric acid groups is 1. The van der Waals surface area contributed by atoms with Gasteiger partial charge in [0, 0.05) is 18.5 Å². The fraction of sp³-hybridized carbons (Fsp3) is 0.750. The number of carboxylic acid groups (broad SMARTS) is 1. The average molecular weight is 670 g/mol. The number of amides is 1. The molecule has 2 fully saturated rings. The van der Waals surface area contributed by atoms with Gasteiger partial charge in [0.05, 0.1) is 25.4 Å². The van der Waals surface area contributed by atoms with Gasteiger partial charge >= 0.3 is 11.7 Å². The van der Waals surface area contributed by atoms with E-state index in [1.807, 2.05) is 6.92 Å². The summed E-state index contributed by atoms with van der Waals surface area (Å²) in [6.45, 7) is 1.24. The number of hydrogen-bond donors (Lipinski definition) is 9. The summed E-state index contributed by atoms with van der Waals surface area (Å²) in [5, 5.41) is 74.0. The van der Waals surface area contributed by atoms with E-state index in [1.54, 1.807) is 6.92 Å². The summed E-state index contributed by atoms with van der Waals surface area (Å²) in [5.41, 5.74) is 4.47. The lowest BCUT2D eigenvalue weighted by molar-refractivity contribution is -0.313. The van der Waals surface area contributed by atoms with Crippen LogP contribution in [0.1, 0.15) is 39.3 Å². The van der Waals surface area contributed by atoms with Crippen molar-refractivity contribution in [2.75, 3.05) is 18.9 Å². The Morgan fingerprint density at radius 2 is 1.98 bits per heavy atom. The lowest BCUT2D eigenvalue weighted by Gasteiger charge is -2.47. The van der Waals surface area contributed by atoms with Gasteiger partial charge < -0.3 is 65.7 Å². The van der Waals surface area contributed by atoms with Crippen LogP contribution in [0, 0.1) is 5.92 Å². The number of phosphoric ester groups is 1. The Balaban J connectivity index is 1.80. The van der Waals surface area contributed by atoms with Crippen molar-refractivity contribution in [3.8, 4) is 0 Å². The zero-order valence-electron chi connectivity index (χ0n) is 24.2. The molecule has 8 unspecified atom stereocenters. The minimum absolute atomic E-state index is 0.142. The fourth-order valence-corrected chi connectivity index (χ4v) is 5.88. The Labute approximate surface area is 255 Å². The van der Waals surface area contributed by atoms with Crippen LogP contribution >= 0.6 is 7.82 Å². The summed E-state index contributed by atoms with van der Waals surface area (Å²) < 4.78 is 33.8. The lowest BCUT2D eigenvalue weighted by Crippen LogP contribution is -2.68. The highest BCUT2D eigenvalue weighted by molar-refractivity contribution is 7.45. The molecule has 0 aliphatic carbocycles. The van der Waals surface area contributed by atoms with Gasteiger partial charge in [0.15, 0.2) is 6.23 Å². The molecule has 1 amide bonds. The summed E-state index contributed by atoms with van der Waals surface area (Å²) in [6.07, 6.45) is -13.9. The van der Waals surface area contributed by atoms with Crippen LogP contribution in [0.2, 0.25) is 0 Å². The van der Waals surface area contributed by atoms with Crippen LogP contribution in [0.4, 0.5) is 5.82 Å². The molecule has 0 saturated carbocycles. The van der Waals surface area contributed by atoms with Crippen molar-refractivity contribution in [2.24, 2.45) is 5.92 Å². The molecule has 2 saturated heterocycles. The number of rotatable bonds is 14.